The van der Waals surface area contributed by atoms with Gasteiger partial charge in [-0.25, -0.2) is 0 Å². The van der Waals surface area contributed by atoms with Crippen molar-refractivity contribution >= 4 is 0 Å². The Bertz CT molecular complexity index is 356. The third-order valence-electron chi connectivity index (χ3n) is 3.25. The number of ether oxygens (including phenoxy) is 1. The van der Waals surface area contributed by atoms with Gasteiger partial charge in [0.15, 0.2) is 0 Å². The molecule has 90 valence electrons. The Labute approximate surface area is 98.3 Å². The molecule has 0 aliphatic heterocycles. The standard InChI is InChI=1S/C14H22O2/c1-10-6-7-11(2)12(8-10)9-13(15)14(3,4)16-5/h6-8,13,15H,9H2,1-5H3. The van der Waals surface area contributed by atoms with Gasteiger partial charge in [0.2, 0.25) is 0 Å². The molecule has 1 rings (SSSR count). The van der Waals surface area contributed by atoms with Gasteiger partial charge in [-0.1, -0.05) is 23.8 Å². The van der Waals surface area contributed by atoms with Crippen LogP contribution in [0.15, 0.2) is 18.2 Å². The first-order valence-electron chi connectivity index (χ1n) is 5.66. The van der Waals surface area contributed by atoms with E-state index in [-0.39, 0.29) is 0 Å². The average Bonchev–Trinajstić information content (AvgIpc) is 2.23. The Hall–Kier alpha value is -0.860. The van der Waals surface area contributed by atoms with Crippen molar-refractivity contribution in [2.24, 2.45) is 0 Å². The van der Waals surface area contributed by atoms with E-state index >= 15 is 0 Å². The van der Waals surface area contributed by atoms with Crippen molar-refractivity contribution in [3.8, 4) is 0 Å². The number of rotatable bonds is 4. The summed E-state index contributed by atoms with van der Waals surface area (Å²) in [5.74, 6) is 0. The lowest BCUT2D eigenvalue weighted by Crippen LogP contribution is -2.39. The molecule has 16 heavy (non-hydrogen) atoms. The lowest BCUT2D eigenvalue weighted by atomic mass is 9.92. The number of benzene rings is 1. The molecule has 1 aromatic rings. The highest BCUT2D eigenvalue weighted by atomic mass is 16.5. The van der Waals surface area contributed by atoms with Gasteiger partial charge in [0, 0.05) is 13.5 Å². The molecule has 1 unspecified atom stereocenters. The molecule has 0 aliphatic rings. The second-order valence-corrected chi connectivity index (χ2v) is 4.96. The molecule has 2 heteroatoms. The maximum Gasteiger partial charge on any atom is 0.0883 e. The molecule has 1 N–H and O–H groups in total. The monoisotopic (exact) mass is 222 g/mol. The summed E-state index contributed by atoms with van der Waals surface area (Å²) in [5, 5.41) is 10.1. The topological polar surface area (TPSA) is 29.5 Å². The van der Waals surface area contributed by atoms with Crippen LogP contribution in [0.5, 0.6) is 0 Å². The molecule has 2 nitrogen and oxygen atoms in total. The summed E-state index contributed by atoms with van der Waals surface area (Å²) >= 11 is 0. The van der Waals surface area contributed by atoms with Gasteiger partial charge in [-0.2, -0.15) is 0 Å². The second-order valence-electron chi connectivity index (χ2n) is 4.96. The summed E-state index contributed by atoms with van der Waals surface area (Å²) in [4.78, 5) is 0. The van der Waals surface area contributed by atoms with Crippen LogP contribution in [-0.4, -0.2) is 23.9 Å². The van der Waals surface area contributed by atoms with E-state index in [0.29, 0.717) is 6.42 Å². The molecule has 0 aliphatic carbocycles. The number of aryl methyl sites for hydroxylation is 2. The summed E-state index contributed by atoms with van der Waals surface area (Å²) in [6.45, 7) is 7.95. The van der Waals surface area contributed by atoms with Crippen LogP contribution in [0, 0.1) is 13.8 Å². The smallest absolute Gasteiger partial charge is 0.0883 e. The third-order valence-corrected chi connectivity index (χ3v) is 3.25. The average molecular weight is 222 g/mol. The van der Waals surface area contributed by atoms with Crippen LogP contribution in [0.2, 0.25) is 0 Å². The van der Waals surface area contributed by atoms with E-state index in [9.17, 15) is 5.11 Å². The van der Waals surface area contributed by atoms with Crippen molar-refractivity contribution in [3.05, 3.63) is 34.9 Å². The van der Waals surface area contributed by atoms with Crippen LogP contribution in [-0.2, 0) is 11.2 Å². The Balaban J connectivity index is 2.84. The summed E-state index contributed by atoms with van der Waals surface area (Å²) < 4.78 is 5.29. The molecular formula is C14H22O2. The summed E-state index contributed by atoms with van der Waals surface area (Å²) in [5.41, 5.74) is 3.13. The van der Waals surface area contributed by atoms with E-state index in [0.717, 1.165) is 0 Å². The van der Waals surface area contributed by atoms with Gasteiger partial charge >= 0.3 is 0 Å². The minimum absolute atomic E-state index is 0.488. The number of hydrogen-bond donors (Lipinski definition) is 1. The number of aliphatic hydroxyl groups excluding tert-OH is 1. The summed E-state index contributed by atoms with van der Waals surface area (Å²) in [6.07, 6.45) is 0.145. The van der Waals surface area contributed by atoms with E-state index in [1.165, 1.54) is 16.7 Å². The van der Waals surface area contributed by atoms with E-state index in [2.05, 4.69) is 32.0 Å². The van der Waals surface area contributed by atoms with Gasteiger partial charge in [-0.05, 0) is 38.8 Å². The maximum atomic E-state index is 10.1. The second kappa shape index (κ2) is 4.98. The molecule has 0 heterocycles. The van der Waals surface area contributed by atoms with E-state index in [1.54, 1.807) is 7.11 Å². The van der Waals surface area contributed by atoms with Gasteiger partial charge < -0.3 is 9.84 Å². The Morgan fingerprint density at radius 2 is 1.94 bits per heavy atom. The van der Waals surface area contributed by atoms with E-state index < -0.39 is 11.7 Å². The normalized spacial score (nSPS) is 13.9. The maximum absolute atomic E-state index is 10.1. The molecule has 1 aromatic carbocycles. The van der Waals surface area contributed by atoms with Crippen LogP contribution in [0.1, 0.15) is 30.5 Å². The fourth-order valence-electron chi connectivity index (χ4n) is 1.61. The third kappa shape index (κ3) is 3.06. The first kappa shape index (κ1) is 13.2. The van der Waals surface area contributed by atoms with Crippen LogP contribution in [0.4, 0.5) is 0 Å². The largest absolute Gasteiger partial charge is 0.390 e. The highest BCUT2D eigenvalue weighted by Gasteiger charge is 2.27. The van der Waals surface area contributed by atoms with Crippen molar-refractivity contribution in [2.75, 3.05) is 7.11 Å². The lowest BCUT2D eigenvalue weighted by Gasteiger charge is -2.29. The highest BCUT2D eigenvalue weighted by molar-refractivity contribution is 5.31. The van der Waals surface area contributed by atoms with Crippen molar-refractivity contribution < 1.29 is 9.84 Å². The van der Waals surface area contributed by atoms with Crippen molar-refractivity contribution in [1.29, 1.82) is 0 Å². The first-order valence-corrected chi connectivity index (χ1v) is 5.66. The van der Waals surface area contributed by atoms with E-state index in [1.807, 2.05) is 13.8 Å². The van der Waals surface area contributed by atoms with Crippen molar-refractivity contribution in [3.63, 3.8) is 0 Å². The van der Waals surface area contributed by atoms with Crippen LogP contribution < -0.4 is 0 Å². The Morgan fingerprint density at radius 3 is 2.50 bits per heavy atom. The predicted octanol–water partition coefficient (Wildman–Crippen LogP) is 2.63. The molecule has 0 spiro atoms. The minimum atomic E-state index is -0.504. The van der Waals surface area contributed by atoms with Crippen molar-refractivity contribution in [2.45, 2.75) is 45.8 Å². The molecular weight excluding hydrogens is 200 g/mol. The molecule has 0 saturated carbocycles. The number of hydrogen-bond acceptors (Lipinski definition) is 2. The molecule has 0 saturated heterocycles. The first-order chi connectivity index (χ1) is 7.36. The van der Waals surface area contributed by atoms with Gasteiger partial charge in [-0.3, -0.25) is 0 Å². The number of methoxy groups -OCH3 is 1. The van der Waals surface area contributed by atoms with Crippen LogP contribution in [0.25, 0.3) is 0 Å². The summed E-state index contributed by atoms with van der Waals surface area (Å²) in [6, 6.07) is 6.31. The fourth-order valence-corrected chi connectivity index (χ4v) is 1.61. The zero-order valence-corrected chi connectivity index (χ0v) is 10.9. The molecule has 0 bridgehead atoms. The highest BCUT2D eigenvalue weighted by Crippen LogP contribution is 2.20. The molecule has 0 radical (unpaired) electrons. The van der Waals surface area contributed by atoms with Gasteiger partial charge in [0.05, 0.1) is 11.7 Å². The predicted molar refractivity (Wildman–Crippen MR) is 66.7 cm³/mol. The summed E-state index contributed by atoms with van der Waals surface area (Å²) in [7, 11) is 1.63. The molecule has 0 amide bonds. The van der Waals surface area contributed by atoms with Crippen LogP contribution in [0.3, 0.4) is 0 Å². The zero-order chi connectivity index (χ0) is 12.3. The molecule has 0 aromatic heterocycles. The molecule has 0 fully saturated rings. The quantitative estimate of drug-likeness (QED) is 0.848. The van der Waals surface area contributed by atoms with Crippen molar-refractivity contribution in [1.82, 2.24) is 0 Å². The lowest BCUT2D eigenvalue weighted by molar-refractivity contribution is -0.0765. The van der Waals surface area contributed by atoms with Gasteiger partial charge in [0.1, 0.15) is 0 Å². The Kier molecular flexibility index (Phi) is 4.11. The minimum Gasteiger partial charge on any atom is -0.390 e. The fraction of sp³-hybridized carbons (Fsp3) is 0.571. The molecule has 1 atom stereocenters. The zero-order valence-electron chi connectivity index (χ0n) is 10.9. The van der Waals surface area contributed by atoms with Gasteiger partial charge in [-0.15, -0.1) is 0 Å². The van der Waals surface area contributed by atoms with E-state index in [4.69, 9.17) is 4.74 Å². The van der Waals surface area contributed by atoms with Gasteiger partial charge in [0.25, 0.3) is 0 Å². The van der Waals surface area contributed by atoms with Crippen LogP contribution >= 0.6 is 0 Å². The Morgan fingerprint density at radius 1 is 1.31 bits per heavy atom. The SMILES string of the molecule is COC(C)(C)C(O)Cc1cc(C)ccc1C. The number of aliphatic hydroxyl groups is 1.